The van der Waals surface area contributed by atoms with Gasteiger partial charge in [0.15, 0.2) is 0 Å². The highest BCUT2D eigenvalue weighted by molar-refractivity contribution is 5.95. The van der Waals surface area contributed by atoms with Crippen molar-refractivity contribution >= 4 is 5.91 Å². The molecule has 28 heavy (non-hydrogen) atoms. The molecule has 4 rings (SSSR count). The third-order valence-corrected chi connectivity index (χ3v) is 5.84. The first-order valence-corrected chi connectivity index (χ1v) is 10.4. The van der Waals surface area contributed by atoms with Crippen LogP contribution in [0.5, 0.6) is 0 Å². The molecule has 2 fully saturated rings. The fourth-order valence-corrected chi connectivity index (χ4v) is 4.07. The van der Waals surface area contributed by atoms with E-state index in [2.05, 4.69) is 33.7 Å². The predicted molar refractivity (Wildman–Crippen MR) is 106 cm³/mol. The van der Waals surface area contributed by atoms with Crippen LogP contribution in [-0.4, -0.2) is 56.8 Å². The second kappa shape index (κ2) is 7.70. The lowest BCUT2D eigenvalue weighted by atomic mass is 10.1. The Labute approximate surface area is 166 Å². The molecular formula is C21H31N5O2. The van der Waals surface area contributed by atoms with Crippen molar-refractivity contribution in [3.05, 3.63) is 34.5 Å². The highest BCUT2D eigenvalue weighted by Gasteiger charge is 2.34. The average Bonchev–Trinajstić information content (AvgIpc) is 3.36. The van der Waals surface area contributed by atoms with Gasteiger partial charge in [-0.05, 0) is 32.6 Å². The minimum atomic E-state index is 0.147. The van der Waals surface area contributed by atoms with E-state index in [1.165, 1.54) is 18.4 Å². The maximum Gasteiger partial charge on any atom is 0.257 e. The third kappa shape index (κ3) is 3.85. The molecule has 0 radical (unpaired) electrons. The summed E-state index contributed by atoms with van der Waals surface area (Å²) in [6.45, 7) is 13.3. The van der Waals surface area contributed by atoms with Gasteiger partial charge in [-0.1, -0.05) is 19.0 Å². The van der Waals surface area contributed by atoms with E-state index < -0.39 is 0 Å². The zero-order chi connectivity index (χ0) is 19.8. The molecule has 1 amide bonds. The molecule has 152 valence electrons. The summed E-state index contributed by atoms with van der Waals surface area (Å²) < 4.78 is 7.35. The molecule has 0 aromatic carbocycles. The number of amides is 1. The van der Waals surface area contributed by atoms with Gasteiger partial charge < -0.3 is 9.42 Å². The van der Waals surface area contributed by atoms with Crippen LogP contribution >= 0.6 is 0 Å². The third-order valence-electron chi connectivity index (χ3n) is 5.84. The van der Waals surface area contributed by atoms with Gasteiger partial charge in [0.1, 0.15) is 5.76 Å². The van der Waals surface area contributed by atoms with Crippen molar-refractivity contribution in [1.29, 1.82) is 0 Å². The van der Waals surface area contributed by atoms with Crippen molar-refractivity contribution in [3.63, 3.8) is 0 Å². The van der Waals surface area contributed by atoms with E-state index in [4.69, 9.17) is 4.52 Å². The van der Waals surface area contributed by atoms with Crippen LogP contribution in [0.2, 0.25) is 0 Å². The molecule has 3 heterocycles. The van der Waals surface area contributed by atoms with Gasteiger partial charge in [0.05, 0.1) is 23.1 Å². The lowest BCUT2D eigenvalue weighted by Crippen LogP contribution is -2.48. The number of carbonyl (C=O) groups excluding carboxylic acids is 1. The van der Waals surface area contributed by atoms with Crippen LogP contribution in [0.4, 0.5) is 0 Å². The second-order valence-corrected chi connectivity index (χ2v) is 8.66. The second-order valence-electron chi connectivity index (χ2n) is 8.66. The van der Waals surface area contributed by atoms with Gasteiger partial charge in [-0.2, -0.15) is 5.10 Å². The van der Waals surface area contributed by atoms with Crippen LogP contribution < -0.4 is 0 Å². The lowest BCUT2D eigenvalue weighted by Gasteiger charge is -2.34. The van der Waals surface area contributed by atoms with Crippen molar-refractivity contribution in [1.82, 2.24) is 24.7 Å². The molecule has 7 heteroatoms. The van der Waals surface area contributed by atoms with Crippen molar-refractivity contribution in [2.45, 2.75) is 59.5 Å². The first kappa shape index (κ1) is 19.2. The van der Waals surface area contributed by atoms with Gasteiger partial charge in [0, 0.05) is 50.7 Å². The van der Waals surface area contributed by atoms with E-state index in [0.717, 1.165) is 62.0 Å². The Morgan fingerprint density at radius 2 is 1.93 bits per heavy atom. The summed E-state index contributed by atoms with van der Waals surface area (Å²) in [6, 6.07) is 0. The summed E-state index contributed by atoms with van der Waals surface area (Å²) in [6.07, 6.45) is 4.15. The van der Waals surface area contributed by atoms with Crippen molar-refractivity contribution < 1.29 is 9.32 Å². The first-order valence-electron chi connectivity index (χ1n) is 10.4. The van der Waals surface area contributed by atoms with E-state index >= 15 is 0 Å². The van der Waals surface area contributed by atoms with E-state index in [9.17, 15) is 4.79 Å². The first-order chi connectivity index (χ1) is 13.4. The number of hydrogen-bond acceptors (Lipinski definition) is 5. The highest BCUT2D eigenvalue weighted by atomic mass is 16.5. The molecule has 0 bridgehead atoms. The summed E-state index contributed by atoms with van der Waals surface area (Å²) in [7, 11) is 0. The molecule has 1 saturated carbocycles. The van der Waals surface area contributed by atoms with Gasteiger partial charge in [0.25, 0.3) is 5.91 Å². The van der Waals surface area contributed by atoms with Gasteiger partial charge in [-0.3, -0.25) is 14.4 Å². The molecular weight excluding hydrogens is 354 g/mol. The zero-order valence-corrected chi connectivity index (χ0v) is 17.4. The SMILES string of the molecule is Cc1noc(C)c1CN1CCN(C(=O)c2cnn(CC(C)C)c2C2CC2)CC1. The number of rotatable bonds is 6. The van der Waals surface area contributed by atoms with Crippen molar-refractivity contribution in [2.75, 3.05) is 26.2 Å². The molecule has 2 aromatic heterocycles. The number of aromatic nitrogens is 3. The molecule has 1 aliphatic heterocycles. The minimum absolute atomic E-state index is 0.147. The fourth-order valence-electron chi connectivity index (χ4n) is 4.07. The number of hydrogen-bond donors (Lipinski definition) is 0. The van der Waals surface area contributed by atoms with E-state index in [1.807, 2.05) is 18.7 Å². The molecule has 7 nitrogen and oxygen atoms in total. The Hall–Kier alpha value is -2.15. The van der Waals surface area contributed by atoms with Crippen LogP contribution in [-0.2, 0) is 13.1 Å². The van der Waals surface area contributed by atoms with Crippen LogP contribution in [0.3, 0.4) is 0 Å². The maximum absolute atomic E-state index is 13.2. The minimum Gasteiger partial charge on any atom is -0.361 e. The molecule has 0 spiro atoms. The summed E-state index contributed by atoms with van der Waals surface area (Å²) in [5.41, 5.74) is 4.12. The van der Waals surface area contributed by atoms with Crippen molar-refractivity contribution in [2.24, 2.45) is 5.92 Å². The Bertz CT molecular complexity index is 822. The largest absolute Gasteiger partial charge is 0.361 e. The Morgan fingerprint density at radius 3 is 2.50 bits per heavy atom. The smallest absolute Gasteiger partial charge is 0.257 e. The number of nitrogens with zero attached hydrogens (tertiary/aromatic N) is 5. The average molecular weight is 386 g/mol. The highest BCUT2D eigenvalue weighted by Crippen LogP contribution is 2.42. The normalized spacial score (nSPS) is 18.2. The van der Waals surface area contributed by atoms with Gasteiger partial charge in [-0.25, -0.2) is 0 Å². The quantitative estimate of drug-likeness (QED) is 0.765. The molecule has 0 unspecified atom stereocenters. The fraction of sp³-hybridized carbons (Fsp3) is 0.667. The summed E-state index contributed by atoms with van der Waals surface area (Å²) >= 11 is 0. The van der Waals surface area contributed by atoms with Gasteiger partial charge >= 0.3 is 0 Å². The summed E-state index contributed by atoms with van der Waals surface area (Å²) in [5.74, 6) is 2.07. The van der Waals surface area contributed by atoms with Crippen LogP contribution in [0.1, 0.15) is 65.7 Å². The van der Waals surface area contributed by atoms with Crippen molar-refractivity contribution in [3.8, 4) is 0 Å². The summed E-state index contributed by atoms with van der Waals surface area (Å²) in [4.78, 5) is 17.6. The Kier molecular flexibility index (Phi) is 5.27. The molecule has 2 aliphatic rings. The summed E-state index contributed by atoms with van der Waals surface area (Å²) in [5, 5.41) is 8.60. The monoisotopic (exact) mass is 385 g/mol. The van der Waals surface area contributed by atoms with Crippen LogP contribution in [0.15, 0.2) is 10.7 Å². The number of aryl methyl sites for hydroxylation is 2. The van der Waals surface area contributed by atoms with E-state index in [0.29, 0.717) is 11.8 Å². The molecule has 0 N–H and O–H groups in total. The number of carbonyl (C=O) groups is 1. The number of piperazine rings is 1. The zero-order valence-electron chi connectivity index (χ0n) is 17.4. The van der Waals surface area contributed by atoms with Gasteiger partial charge in [-0.15, -0.1) is 0 Å². The van der Waals surface area contributed by atoms with E-state index in [-0.39, 0.29) is 5.91 Å². The maximum atomic E-state index is 13.2. The topological polar surface area (TPSA) is 67.4 Å². The lowest BCUT2D eigenvalue weighted by molar-refractivity contribution is 0.0626. The molecule has 1 saturated heterocycles. The Morgan fingerprint density at radius 1 is 1.21 bits per heavy atom. The van der Waals surface area contributed by atoms with Crippen LogP contribution in [0, 0.1) is 19.8 Å². The predicted octanol–water partition coefficient (Wildman–Crippen LogP) is 2.98. The van der Waals surface area contributed by atoms with Crippen LogP contribution in [0.25, 0.3) is 0 Å². The van der Waals surface area contributed by atoms with E-state index in [1.54, 1.807) is 6.20 Å². The standard InChI is InChI=1S/C21H31N5O2/c1-14(2)12-26-20(17-5-6-17)18(11-22-26)21(27)25-9-7-24(8-10-25)13-19-15(3)23-28-16(19)4/h11,14,17H,5-10,12-13H2,1-4H3. The molecule has 0 atom stereocenters. The molecule has 2 aromatic rings. The Balaban J connectivity index is 1.41. The van der Waals surface area contributed by atoms with Gasteiger partial charge in [0.2, 0.25) is 0 Å². The molecule has 1 aliphatic carbocycles.